The molecular weight excluding hydrogens is 223 g/mol. The molecule has 0 aromatic rings. The second-order valence-corrected chi connectivity index (χ2v) is 4.38. The SMILES string of the molecule is O=C1NCC(C(F)(F)F)OC1C1CCCC1. The van der Waals surface area contributed by atoms with Gasteiger partial charge in [-0.2, -0.15) is 13.2 Å². The Labute approximate surface area is 91.3 Å². The average molecular weight is 237 g/mol. The lowest BCUT2D eigenvalue weighted by Crippen LogP contribution is -2.56. The van der Waals surface area contributed by atoms with Crippen LogP contribution in [-0.4, -0.2) is 30.8 Å². The number of ether oxygens (including phenoxy) is 1. The molecule has 0 aromatic heterocycles. The summed E-state index contributed by atoms with van der Waals surface area (Å²) in [6.07, 6.45) is -3.67. The largest absolute Gasteiger partial charge is 0.416 e. The van der Waals surface area contributed by atoms with E-state index in [1.54, 1.807) is 0 Å². The lowest BCUT2D eigenvalue weighted by molar-refractivity contribution is -0.242. The number of amides is 1. The molecule has 16 heavy (non-hydrogen) atoms. The molecule has 0 radical (unpaired) electrons. The van der Waals surface area contributed by atoms with Crippen LogP contribution in [0.4, 0.5) is 13.2 Å². The molecule has 2 unspecified atom stereocenters. The Bertz CT molecular complexity index is 274. The quantitative estimate of drug-likeness (QED) is 0.752. The van der Waals surface area contributed by atoms with Crippen LogP contribution in [0.3, 0.4) is 0 Å². The minimum absolute atomic E-state index is 0.0508. The number of carbonyl (C=O) groups excluding carboxylic acids is 1. The van der Waals surface area contributed by atoms with Gasteiger partial charge in [0.1, 0.15) is 6.10 Å². The van der Waals surface area contributed by atoms with Gasteiger partial charge in [-0.25, -0.2) is 0 Å². The molecule has 0 bridgehead atoms. The topological polar surface area (TPSA) is 38.3 Å². The summed E-state index contributed by atoms with van der Waals surface area (Å²) in [5.41, 5.74) is 0. The van der Waals surface area contributed by atoms with E-state index >= 15 is 0 Å². The maximum atomic E-state index is 12.5. The van der Waals surface area contributed by atoms with Gasteiger partial charge in [-0.05, 0) is 18.8 Å². The summed E-state index contributed by atoms with van der Waals surface area (Å²) in [7, 11) is 0. The zero-order valence-electron chi connectivity index (χ0n) is 8.72. The van der Waals surface area contributed by atoms with Gasteiger partial charge in [-0.1, -0.05) is 12.8 Å². The van der Waals surface area contributed by atoms with E-state index in [0.717, 1.165) is 25.7 Å². The normalized spacial score (nSPS) is 32.8. The highest BCUT2D eigenvalue weighted by Gasteiger charge is 2.47. The lowest BCUT2D eigenvalue weighted by Gasteiger charge is -2.33. The highest BCUT2D eigenvalue weighted by Crippen LogP contribution is 2.34. The van der Waals surface area contributed by atoms with Crippen LogP contribution >= 0.6 is 0 Å². The van der Waals surface area contributed by atoms with Gasteiger partial charge >= 0.3 is 6.18 Å². The standard InChI is InChI=1S/C10H14F3NO2/c11-10(12,13)7-5-14-9(15)8(16-7)6-3-1-2-4-6/h6-8H,1-5H2,(H,14,15). The van der Waals surface area contributed by atoms with Crippen LogP contribution in [0.25, 0.3) is 0 Å². The molecule has 1 saturated carbocycles. The van der Waals surface area contributed by atoms with E-state index in [2.05, 4.69) is 5.32 Å². The van der Waals surface area contributed by atoms with Crippen molar-refractivity contribution >= 4 is 5.91 Å². The van der Waals surface area contributed by atoms with Crippen molar-refractivity contribution in [3.8, 4) is 0 Å². The minimum atomic E-state index is -4.40. The summed E-state index contributed by atoms with van der Waals surface area (Å²) in [5.74, 6) is -0.447. The first kappa shape index (κ1) is 11.7. The summed E-state index contributed by atoms with van der Waals surface area (Å²) < 4.78 is 42.3. The van der Waals surface area contributed by atoms with Crippen molar-refractivity contribution in [2.24, 2.45) is 5.92 Å². The minimum Gasteiger partial charge on any atom is -0.354 e. The number of morpholine rings is 1. The van der Waals surface area contributed by atoms with Gasteiger partial charge < -0.3 is 10.1 Å². The number of carbonyl (C=O) groups is 1. The molecule has 1 saturated heterocycles. The Balaban J connectivity index is 2.02. The van der Waals surface area contributed by atoms with Gasteiger partial charge in [0.2, 0.25) is 5.91 Å². The first-order valence-electron chi connectivity index (χ1n) is 5.48. The molecule has 2 atom stereocenters. The Morgan fingerprint density at radius 3 is 2.44 bits per heavy atom. The van der Waals surface area contributed by atoms with E-state index in [1.807, 2.05) is 0 Å². The van der Waals surface area contributed by atoms with Crippen molar-refractivity contribution in [3.05, 3.63) is 0 Å². The van der Waals surface area contributed by atoms with Crippen molar-refractivity contribution in [1.29, 1.82) is 0 Å². The number of hydrogen-bond acceptors (Lipinski definition) is 2. The summed E-state index contributed by atoms with van der Waals surface area (Å²) in [6, 6.07) is 0. The second-order valence-electron chi connectivity index (χ2n) is 4.38. The molecule has 92 valence electrons. The van der Waals surface area contributed by atoms with Crippen molar-refractivity contribution in [1.82, 2.24) is 5.32 Å². The predicted molar refractivity (Wildman–Crippen MR) is 49.7 cm³/mol. The highest BCUT2D eigenvalue weighted by molar-refractivity contribution is 5.81. The fourth-order valence-electron chi connectivity index (χ4n) is 2.36. The molecule has 0 spiro atoms. The molecule has 0 aromatic carbocycles. The van der Waals surface area contributed by atoms with Gasteiger partial charge in [0.25, 0.3) is 0 Å². The molecule has 6 heteroatoms. The average Bonchev–Trinajstić information content (AvgIpc) is 2.69. The molecule has 1 heterocycles. The van der Waals surface area contributed by atoms with Crippen molar-refractivity contribution < 1.29 is 22.7 Å². The van der Waals surface area contributed by atoms with E-state index in [1.165, 1.54) is 0 Å². The van der Waals surface area contributed by atoms with Gasteiger partial charge in [-0.15, -0.1) is 0 Å². The van der Waals surface area contributed by atoms with E-state index in [4.69, 9.17) is 4.74 Å². The van der Waals surface area contributed by atoms with Crippen molar-refractivity contribution in [2.45, 2.75) is 44.1 Å². The van der Waals surface area contributed by atoms with Crippen LogP contribution in [0.2, 0.25) is 0 Å². The van der Waals surface area contributed by atoms with Crippen LogP contribution in [-0.2, 0) is 9.53 Å². The molecule has 1 aliphatic carbocycles. The molecule has 2 aliphatic rings. The highest BCUT2D eigenvalue weighted by atomic mass is 19.4. The fraction of sp³-hybridized carbons (Fsp3) is 0.900. The zero-order chi connectivity index (χ0) is 11.8. The fourth-order valence-corrected chi connectivity index (χ4v) is 2.36. The summed E-state index contributed by atoms with van der Waals surface area (Å²) in [5, 5.41) is 2.28. The third-order valence-corrected chi connectivity index (χ3v) is 3.22. The number of hydrogen-bond donors (Lipinski definition) is 1. The van der Waals surface area contributed by atoms with Crippen LogP contribution in [0.1, 0.15) is 25.7 Å². The molecule has 2 rings (SSSR count). The molecule has 2 fully saturated rings. The lowest BCUT2D eigenvalue weighted by atomic mass is 9.98. The molecule has 1 N–H and O–H groups in total. The van der Waals surface area contributed by atoms with Crippen LogP contribution in [0, 0.1) is 5.92 Å². The molecule has 3 nitrogen and oxygen atoms in total. The van der Waals surface area contributed by atoms with Crippen LogP contribution < -0.4 is 5.32 Å². The maximum Gasteiger partial charge on any atom is 0.416 e. The monoisotopic (exact) mass is 237 g/mol. The Morgan fingerprint density at radius 1 is 1.25 bits per heavy atom. The summed E-state index contributed by atoms with van der Waals surface area (Å²) >= 11 is 0. The van der Waals surface area contributed by atoms with Crippen LogP contribution in [0.5, 0.6) is 0 Å². The zero-order valence-corrected chi connectivity index (χ0v) is 8.72. The molecule has 1 aliphatic heterocycles. The molecular formula is C10H14F3NO2. The number of rotatable bonds is 1. The van der Waals surface area contributed by atoms with Gasteiger partial charge in [-0.3, -0.25) is 4.79 Å². The smallest absolute Gasteiger partial charge is 0.354 e. The number of nitrogens with one attached hydrogen (secondary N) is 1. The van der Waals surface area contributed by atoms with E-state index in [-0.39, 0.29) is 5.92 Å². The first-order valence-corrected chi connectivity index (χ1v) is 5.48. The molecule has 1 amide bonds. The van der Waals surface area contributed by atoms with Crippen molar-refractivity contribution in [2.75, 3.05) is 6.54 Å². The number of halogens is 3. The Morgan fingerprint density at radius 2 is 1.88 bits per heavy atom. The summed E-state index contributed by atoms with van der Waals surface area (Å²) in [6.45, 7) is -0.467. The summed E-state index contributed by atoms with van der Waals surface area (Å²) in [4.78, 5) is 11.5. The third kappa shape index (κ3) is 2.31. The van der Waals surface area contributed by atoms with Gasteiger partial charge in [0.05, 0.1) is 6.54 Å². The maximum absolute atomic E-state index is 12.5. The van der Waals surface area contributed by atoms with E-state index in [0.29, 0.717) is 0 Å². The van der Waals surface area contributed by atoms with Crippen LogP contribution in [0.15, 0.2) is 0 Å². The van der Waals surface area contributed by atoms with Crippen molar-refractivity contribution in [3.63, 3.8) is 0 Å². The second kappa shape index (κ2) is 4.24. The Kier molecular flexibility index (Phi) is 3.10. The van der Waals surface area contributed by atoms with Gasteiger partial charge in [0.15, 0.2) is 6.10 Å². The van der Waals surface area contributed by atoms with E-state index < -0.39 is 30.8 Å². The predicted octanol–water partition coefficient (Wildman–Crippen LogP) is 1.62. The van der Waals surface area contributed by atoms with Gasteiger partial charge in [0, 0.05) is 0 Å². The third-order valence-electron chi connectivity index (χ3n) is 3.22. The number of alkyl halides is 3. The first-order chi connectivity index (χ1) is 7.48. The van der Waals surface area contributed by atoms with E-state index in [9.17, 15) is 18.0 Å². The Hall–Kier alpha value is -0.780.